The summed E-state index contributed by atoms with van der Waals surface area (Å²) in [4.78, 5) is 25.9. The predicted octanol–water partition coefficient (Wildman–Crippen LogP) is 4.86. The number of hydrogen-bond donors (Lipinski definition) is 1. The third kappa shape index (κ3) is 4.74. The highest BCUT2D eigenvalue weighted by Crippen LogP contribution is 2.29. The largest absolute Gasteiger partial charge is 0.324 e. The average Bonchev–Trinajstić information content (AvgIpc) is 2.56. The van der Waals surface area contributed by atoms with Crippen molar-refractivity contribution in [3.05, 3.63) is 57.6 Å². The first-order valence-corrected chi connectivity index (χ1v) is 8.70. The van der Waals surface area contributed by atoms with E-state index in [9.17, 15) is 9.59 Å². The molecule has 0 heterocycles. The number of para-hydroxylation sites is 1. The second kappa shape index (κ2) is 8.37. The van der Waals surface area contributed by atoms with E-state index in [1.54, 1.807) is 18.2 Å². The number of rotatable bonds is 5. The van der Waals surface area contributed by atoms with Crippen LogP contribution >= 0.6 is 23.2 Å². The summed E-state index contributed by atoms with van der Waals surface area (Å²) in [5, 5.41) is 3.71. The zero-order valence-corrected chi connectivity index (χ0v) is 15.9. The first kappa shape index (κ1) is 19.3. The van der Waals surface area contributed by atoms with E-state index in [2.05, 4.69) is 5.32 Å². The minimum atomic E-state index is -0.296. The van der Waals surface area contributed by atoms with Crippen molar-refractivity contribution in [3.8, 4) is 0 Å². The Hall–Kier alpha value is -2.04. The van der Waals surface area contributed by atoms with Crippen LogP contribution in [-0.2, 0) is 16.0 Å². The van der Waals surface area contributed by atoms with Gasteiger partial charge >= 0.3 is 0 Å². The number of amides is 2. The molecule has 6 heteroatoms. The molecule has 1 N–H and O–H groups in total. The molecule has 132 valence electrons. The Kier molecular flexibility index (Phi) is 6.45. The zero-order chi connectivity index (χ0) is 18.6. The maximum absolute atomic E-state index is 12.5. The highest BCUT2D eigenvalue weighted by molar-refractivity contribution is 6.35. The van der Waals surface area contributed by atoms with Crippen LogP contribution < -0.4 is 10.2 Å². The standard InChI is InChI=1S/C19H20Cl2N2O2/c1-4-14-7-5-6-12(2)19(14)22-18(25)11-23(13(3)24)17-10-15(20)8-9-16(17)21/h5-10H,4,11H2,1-3H3,(H,22,25). The van der Waals surface area contributed by atoms with Gasteiger partial charge in [-0.2, -0.15) is 0 Å². The van der Waals surface area contributed by atoms with Gasteiger partial charge in [-0.05, 0) is 42.7 Å². The molecule has 25 heavy (non-hydrogen) atoms. The number of hydrogen-bond acceptors (Lipinski definition) is 2. The molecule has 0 radical (unpaired) electrons. The van der Waals surface area contributed by atoms with E-state index in [1.807, 2.05) is 32.0 Å². The van der Waals surface area contributed by atoms with Crippen LogP contribution in [-0.4, -0.2) is 18.4 Å². The molecule has 0 aliphatic carbocycles. The normalized spacial score (nSPS) is 10.4. The van der Waals surface area contributed by atoms with Crippen molar-refractivity contribution in [2.45, 2.75) is 27.2 Å². The van der Waals surface area contributed by atoms with Gasteiger partial charge in [-0.15, -0.1) is 0 Å². The monoisotopic (exact) mass is 378 g/mol. The number of benzene rings is 2. The van der Waals surface area contributed by atoms with Gasteiger partial charge in [-0.1, -0.05) is 48.3 Å². The fourth-order valence-corrected chi connectivity index (χ4v) is 2.97. The highest BCUT2D eigenvalue weighted by Gasteiger charge is 2.19. The molecular formula is C19H20Cl2N2O2. The Bertz CT molecular complexity index is 806. The van der Waals surface area contributed by atoms with Crippen molar-refractivity contribution in [3.63, 3.8) is 0 Å². The summed E-state index contributed by atoms with van der Waals surface area (Å²) in [6.07, 6.45) is 0.799. The molecule has 2 amide bonds. The molecule has 2 aromatic carbocycles. The van der Waals surface area contributed by atoms with Crippen molar-refractivity contribution < 1.29 is 9.59 Å². The lowest BCUT2D eigenvalue weighted by atomic mass is 10.1. The zero-order valence-electron chi connectivity index (χ0n) is 14.4. The predicted molar refractivity (Wildman–Crippen MR) is 104 cm³/mol. The van der Waals surface area contributed by atoms with Gasteiger partial charge in [0.05, 0.1) is 10.7 Å². The fraction of sp³-hybridized carbons (Fsp3) is 0.263. The number of carbonyl (C=O) groups is 2. The van der Waals surface area contributed by atoms with Crippen molar-refractivity contribution in [1.82, 2.24) is 0 Å². The van der Waals surface area contributed by atoms with Crippen molar-refractivity contribution in [2.24, 2.45) is 0 Å². The molecule has 0 spiro atoms. The van der Waals surface area contributed by atoms with E-state index in [0.29, 0.717) is 15.7 Å². The smallest absolute Gasteiger partial charge is 0.244 e. The van der Waals surface area contributed by atoms with Crippen molar-refractivity contribution in [1.29, 1.82) is 0 Å². The second-order valence-corrected chi connectivity index (χ2v) is 6.56. The third-order valence-electron chi connectivity index (χ3n) is 3.89. The summed E-state index contributed by atoms with van der Waals surface area (Å²) in [6, 6.07) is 10.7. The van der Waals surface area contributed by atoms with E-state index >= 15 is 0 Å². The Morgan fingerprint density at radius 3 is 2.52 bits per heavy atom. The molecule has 0 bridgehead atoms. The van der Waals surface area contributed by atoms with Gasteiger partial charge in [-0.25, -0.2) is 0 Å². The molecular weight excluding hydrogens is 359 g/mol. The first-order valence-electron chi connectivity index (χ1n) is 7.95. The topological polar surface area (TPSA) is 49.4 Å². The van der Waals surface area contributed by atoms with Crippen LogP contribution in [0.25, 0.3) is 0 Å². The Morgan fingerprint density at radius 1 is 1.16 bits per heavy atom. The number of nitrogens with zero attached hydrogens (tertiary/aromatic N) is 1. The van der Waals surface area contributed by atoms with Crippen molar-refractivity contribution >= 4 is 46.4 Å². The van der Waals surface area contributed by atoms with Gasteiger partial charge in [0.25, 0.3) is 0 Å². The SMILES string of the molecule is CCc1cccc(C)c1NC(=O)CN(C(C)=O)c1cc(Cl)ccc1Cl. The Morgan fingerprint density at radius 2 is 1.88 bits per heavy atom. The third-order valence-corrected chi connectivity index (χ3v) is 4.44. The molecule has 0 aliphatic rings. The van der Waals surface area contributed by atoms with Crippen LogP contribution in [0.4, 0.5) is 11.4 Å². The summed E-state index contributed by atoms with van der Waals surface area (Å²) < 4.78 is 0. The number of carbonyl (C=O) groups excluding carboxylic acids is 2. The van der Waals surface area contributed by atoms with Gasteiger partial charge in [0, 0.05) is 17.6 Å². The van der Waals surface area contributed by atoms with Crippen LogP contribution in [0.3, 0.4) is 0 Å². The summed E-state index contributed by atoms with van der Waals surface area (Å²) in [5.41, 5.74) is 3.22. The van der Waals surface area contributed by atoms with Gasteiger partial charge < -0.3 is 10.2 Å². The van der Waals surface area contributed by atoms with Crippen LogP contribution in [0.2, 0.25) is 10.0 Å². The lowest BCUT2D eigenvalue weighted by molar-refractivity contribution is -0.120. The van der Waals surface area contributed by atoms with Gasteiger partial charge in [-0.3, -0.25) is 9.59 Å². The minimum absolute atomic E-state index is 0.146. The summed E-state index contributed by atoms with van der Waals surface area (Å²) in [6.45, 7) is 5.20. The summed E-state index contributed by atoms with van der Waals surface area (Å²) in [5.74, 6) is -0.588. The lowest BCUT2D eigenvalue weighted by Crippen LogP contribution is -2.37. The van der Waals surface area contributed by atoms with E-state index in [0.717, 1.165) is 23.2 Å². The molecule has 0 saturated carbocycles. The van der Waals surface area contributed by atoms with Crippen LogP contribution in [0.15, 0.2) is 36.4 Å². The minimum Gasteiger partial charge on any atom is -0.324 e. The summed E-state index contributed by atoms with van der Waals surface area (Å²) >= 11 is 12.2. The van der Waals surface area contributed by atoms with Gasteiger partial charge in [0.2, 0.25) is 11.8 Å². The molecule has 0 aliphatic heterocycles. The average molecular weight is 379 g/mol. The highest BCUT2D eigenvalue weighted by atomic mass is 35.5. The number of aryl methyl sites for hydroxylation is 2. The molecule has 0 fully saturated rings. The summed E-state index contributed by atoms with van der Waals surface area (Å²) in [7, 11) is 0. The van der Waals surface area contributed by atoms with Crippen LogP contribution in [0.5, 0.6) is 0 Å². The molecule has 0 aromatic heterocycles. The number of nitrogens with one attached hydrogen (secondary N) is 1. The van der Waals surface area contributed by atoms with Crippen molar-refractivity contribution in [2.75, 3.05) is 16.8 Å². The fourth-order valence-electron chi connectivity index (χ4n) is 2.58. The molecule has 0 saturated heterocycles. The Balaban J connectivity index is 2.25. The van der Waals surface area contributed by atoms with Gasteiger partial charge in [0.1, 0.15) is 6.54 Å². The first-order chi connectivity index (χ1) is 11.8. The molecule has 0 unspecified atom stereocenters. The number of halogens is 2. The van der Waals surface area contributed by atoms with Crippen LogP contribution in [0, 0.1) is 6.92 Å². The number of anilines is 2. The Labute approximate surface area is 157 Å². The van der Waals surface area contributed by atoms with Crippen LogP contribution in [0.1, 0.15) is 25.0 Å². The maximum Gasteiger partial charge on any atom is 0.244 e. The van der Waals surface area contributed by atoms with E-state index in [1.165, 1.54) is 11.8 Å². The second-order valence-electron chi connectivity index (χ2n) is 5.71. The quantitative estimate of drug-likeness (QED) is 0.807. The maximum atomic E-state index is 12.5. The lowest BCUT2D eigenvalue weighted by Gasteiger charge is -2.23. The van der Waals surface area contributed by atoms with Gasteiger partial charge in [0.15, 0.2) is 0 Å². The van der Waals surface area contributed by atoms with E-state index in [4.69, 9.17) is 23.2 Å². The molecule has 0 atom stereocenters. The van der Waals surface area contributed by atoms with E-state index in [-0.39, 0.29) is 18.4 Å². The van der Waals surface area contributed by atoms with E-state index < -0.39 is 0 Å². The molecule has 4 nitrogen and oxygen atoms in total. The molecule has 2 aromatic rings. The molecule has 2 rings (SSSR count).